The number of carbonyl (C=O) groups is 1. The Hall–Kier alpha value is -2.36. The normalized spacial score (nSPS) is 16.2. The van der Waals surface area contributed by atoms with Crippen LogP contribution in [0.2, 0.25) is 0 Å². The third-order valence-electron chi connectivity index (χ3n) is 5.47. The smallest absolute Gasteiger partial charge is 0.220 e. The van der Waals surface area contributed by atoms with Crippen LogP contribution in [0.5, 0.6) is 0 Å². The Labute approximate surface area is 161 Å². The molecule has 3 nitrogen and oxygen atoms in total. The molecule has 1 amide bonds. The highest BCUT2D eigenvalue weighted by Gasteiger charge is 2.16. The van der Waals surface area contributed by atoms with Crippen LogP contribution in [0.15, 0.2) is 48.5 Å². The average Bonchev–Trinajstić information content (AvgIpc) is 2.68. The van der Waals surface area contributed by atoms with Gasteiger partial charge in [-0.3, -0.25) is 4.79 Å². The number of anilines is 1. The third-order valence-corrected chi connectivity index (χ3v) is 5.47. The summed E-state index contributed by atoms with van der Waals surface area (Å²) >= 11 is 0. The lowest BCUT2D eigenvalue weighted by molar-refractivity contribution is -0.121. The Kier molecular flexibility index (Phi) is 6.49. The summed E-state index contributed by atoms with van der Waals surface area (Å²) in [5.41, 5.74) is 3.35. The molecule has 0 spiro atoms. The molecule has 0 aliphatic carbocycles. The molecular weight excluding hydrogens is 339 g/mol. The molecule has 1 heterocycles. The molecule has 1 saturated heterocycles. The van der Waals surface area contributed by atoms with Gasteiger partial charge in [-0.15, -0.1) is 0 Å². The highest BCUT2D eigenvalue weighted by atomic mass is 19.1. The second-order valence-corrected chi connectivity index (χ2v) is 7.68. The molecule has 0 saturated carbocycles. The van der Waals surface area contributed by atoms with Crippen molar-refractivity contribution >= 4 is 11.6 Å². The molecule has 1 aliphatic rings. The van der Waals surface area contributed by atoms with Gasteiger partial charge in [-0.25, -0.2) is 4.39 Å². The van der Waals surface area contributed by atoms with Crippen LogP contribution < -0.4 is 10.2 Å². The summed E-state index contributed by atoms with van der Waals surface area (Å²) in [6.45, 7) is 6.57. The second kappa shape index (κ2) is 9.03. The van der Waals surface area contributed by atoms with Gasteiger partial charge in [0.25, 0.3) is 0 Å². The molecule has 2 aromatic rings. The molecule has 27 heavy (non-hydrogen) atoms. The molecule has 0 aromatic heterocycles. The second-order valence-electron chi connectivity index (χ2n) is 7.68. The predicted octanol–water partition coefficient (Wildman–Crippen LogP) is 4.87. The van der Waals surface area contributed by atoms with Crippen LogP contribution in [0.25, 0.3) is 0 Å². The van der Waals surface area contributed by atoms with E-state index < -0.39 is 0 Å². The maximum absolute atomic E-state index is 12.9. The molecule has 144 valence electrons. The number of hydrogen-bond donors (Lipinski definition) is 1. The van der Waals surface area contributed by atoms with E-state index in [2.05, 4.69) is 41.4 Å². The summed E-state index contributed by atoms with van der Waals surface area (Å²) in [7, 11) is 0. The lowest BCUT2D eigenvalue weighted by Gasteiger charge is -2.32. The SMILES string of the molecule is CC1CCN(c2ccc(C(C)NC(=O)CCc3ccc(F)cc3)cc2)CC1. The van der Waals surface area contributed by atoms with Crippen LogP contribution in [0.1, 0.15) is 50.3 Å². The van der Waals surface area contributed by atoms with Crippen molar-refractivity contribution in [3.8, 4) is 0 Å². The number of nitrogens with zero attached hydrogens (tertiary/aromatic N) is 1. The minimum atomic E-state index is -0.251. The first-order valence-corrected chi connectivity index (χ1v) is 9.90. The monoisotopic (exact) mass is 368 g/mol. The van der Waals surface area contributed by atoms with Crippen molar-refractivity contribution < 1.29 is 9.18 Å². The number of hydrogen-bond acceptors (Lipinski definition) is 2. The van der Waals surface area contributed by atoms with Gasteiger partial charge in [0.1, 0.15) is 5.82 Å². The Balaban J connectivity index is 1.49. The van der Waals surface area contributed by atoms with Crippen LogP contribution in [0, 0.1) is 11.7 Å². The average molecular weight is 368 g/mol. The summed E-state index contributed by atoms with van der Waals surface area (Å²) in [5, 5.41) is 3.06. The molecule has 4 heteroatoms. The maximum Gasteiger partial charge on any atom is 0.220 e. The summed E-state index contributed by atoms with van der Waals surface area (Å²) in [6, 6.07) is 14.8. The van der Waals surface area contributed by atoms with E-state index in [9.17, 15) is 9.18 Å². The maximum atomic E-state index is 12.9. The van der Waals surface area contributed by atoms with E-state index in [0.717, 1.165) is 30.1 Å². The van der Waals surface area contributed by atoms with E-state index in [1.165, 1.54) is 30.7 Å². The zero-order valence-corrected chi connectivity index (χ0v) is 16.2. The van der Waals surface area contributed by atoms with E-state index >= 15 is 0 Å². The minimum absolute atomic E-state index is 0.0147. The summed E-state index contributed by atoms with van der Waals surface area (Å²) in [5.74, 6) is 0.589. The first kappa shape index (κ1) is 19.4. The molecule has 1 atom stereocenters. The topological polar surface area (TPSA) is 32.3 Å². The highest BCUT2D eigenvalue weighted by molar-refractivity contribution is 5.76. The Morgan fingerprint density at radius 3 is 2.37 bits per heavy atom. The molecular formula is C23H29FN2O. The van der Waals surface area contributed by atoms with Crippen LogP contribution in [0.4, 0.5) is 10.1 Å². The van der Waals surface area contributed by atoms with Gasteiger partial charge in [0.2, 0.25) is 5.91 Å². The molecule has 0 radical (unpaired) electrons. The number of amides is 1. The van der Waals surface area contributed by atoms with Crippen molar-refractivity contribution in [3.05, 3.63) is 65.5 Å². The van der Waals surface area contributed by atoms with Gasteiger partial charge in [0.15, 0.2) is 0 Å². The Morgan fingerprint density at radius 1 is 1.11 bits per heavy atom. The van der Waals surface area contributed by atoms with Crippen molar-refractivity contribution in [1.29, 1.82) is 0 Å². The molecule has 1 N–H and O–H groups in total. The standard InChI is InChI=1S/C23H29FN2O/c1-17-13-15-26(16-14-17)22-10-6-20(7-11-22)18(2)25-23(27)12-5-19-3-8-21(24)9-4-19/h3-4,6-11,17-18H,5,12-16H2,1-2H3,(H,25,27). The van der Waals surface area contributed by atoms with Crippen LogP contribution in [-0.4, -0.2) is 19.0 Å². The Morgan fingerprint density at radius 2 is 1.74 bits per heavy atom. The van der Waals surface area contributed by atoms with Gasteiger partial charge in [-0.1, -0.05) is 31.2 Å². The minimum Gasteiger partial charge on any atom is -0.372 e. The molecule has 1 aliphatic heterocycles. The molecule has 1 fully saturated rings. The fourth-order valence-corrected chi connectivity index (χ4v) is 3.55. The number of carbonyl (C=O) groups excluding carboxylic acids is 1. The van der Waals surface area contributed by atoms with E-state index in [1.807, 2.05) is 6.92 Å². The first-order chi connectivity index (χ1) is 13.0. The number of rotatable bonds is 6. The molecule has 3 rings (SSSR count). The van der Waals surface area contributed by atoms with Gasteiger partial charge in [0, 0.05) is 25.2 Å². The summed E-state index contributed by atoms with van der Waals surface area (Å²) in [4.78, 5) is 14.7. The van der Waals surface area contributed by atoms with E-state index in [4.69, 9.17) is 0 Å². The number of nitrogens with one attached hydrogen (secondary N) is 1. The number of piperidine rings is 1. The fourth-order valence-electron chi connectivity index (χ4n) is 3.55. The van der Waals surface area contributed by atoms with Crippen LogP contribution >= 0.6 is 0 Å². The van der Waals surface area contributed by atoms with Gasteiger partial charge in [-0.2, -0.15) is 0 Å². The predicted molar refractivity (Wildman–Crippen MR) is 108 cm³/mol. The van der Waals surface area contributed by atoms with Gasteiger partial charge >= 0.3 is 0 Å². The van der Waals surface area contributed by atoms with Crippen molar-refractivity contribution in [2.75, 3.05) is 18.0 Å². The summed E-state index contributed by atoms with van der Waals surface area (Å²) in [6.07, 6.45) is 3.52. The molecule has 2 aromatic carbocycles. The van der Waals surface area contributed by atoms with Crippen molar-refractivity contribution in [1.82, 2.24) is 5.32 Å². The van der Waals surface area contributed by atoms with Crippen molar-refractivity contribution in [2.45, 2.75) is 45.6 Å². The summed E-state index contributed by atoms with van der Waals surface area (Å²) < 4.78 is 12.9. The lowest BCUT2D eigenvalue weighted by atomic mass is 9.98. The quantitative estimate of drug-likeness (QED) is 0.789. The van der Waals surface area contributed by atoms with E-state index in [0.29, 0.717) is 12.8 Å². The van der Waals surface area contributed by atoms with Gasteiger partial charge < -0.3 is 10.2 Å². The van der Waals surface area contributed by atoms with Gasteiger partial charge in [0.05, 0.1) is 6.04 Å². The Bertz CT molecular complexity index is 734. The number of benzene rings is 2. The molecule has 1 unspecified atom stereocenters. The van der Waals surface area contributed by atoms with Gasteiger partial charge in [-0.05, 0) is 67.5 Å². The zero-order chi connectivity index (χ0) is 19.2. The van der Waals surface area contributed by atoms with Crippen LogP contribution in [-0.2, 0) is 11.2 Å². The zero-order valence-electron chi connectivity index (χ0n) is 16.2. The fraction of sp³-hybridized carbons (Fsp3) is 0.435. The van der Waals surface area contributed by atoms with Crippen LogP contribution in [0.3, 0.4) is 0 Å². The van der Waals surface area contributed by atoms with E-state index in [1.54, 1.807) is 12.1 Å². The largest absolute Gasteiger partial charge is 0.372 e. The number of halogens is 1. The lowest BCUT2D eigenvalue weighted by Crippen LogP contribution is -2.32. The third kappa shape index (κ3) is 5.56. The first-order valence-electron chi connectivity index (χ1n) is 9.90. The number of aryl methyl sites for hydroxylation is 1. The highest BCUT2D eigenvalue weighted by Crippen LogP contribution is 2.24. The van der Waals surface area contributed by atoms with Crippen molar-refractivity contribution in [3.63, 3.8) is 0 Å². The van der Waals surface area contributed by atoms with Crippen molar-refractivity contribution in [2.24, 2.45) is 5.92 Å². The van der Waals surface area contributed by atoms with E-state index in [-0.39, 0.29) is 17.8 Å². The molecule has 0 bridgehead atoms.